The van der Waals surface area contributed by atoms with E-state index in [1.807, 2.05) is 0 Å². The first-order valence-corrected chi connectivity index (χ1v) is 5.07. The van der Waals surface area contributed by atoms with Crippen LogP contribution < -0.4 is 0 Å². The number of rotatable bonds is 0. The van der Waals surface area contributed by atoms with E-state index in [1.165, 1.54) is 0 Å². The zero-order valence-electron chi connectivity index (χ0n) is 8.29. The van der Waals surface area contributed by atoms with Crippen LogP contribution >= 0.6 is 0 Å². The van der Waals surface area contributed by atoms with Gasteiger partial charge in [-0.1, -0.05) is 0 Å². The third-order valence-electron chi connectivity index (χ3n) is 2.87. The molecule has 0 saturated carbocycles. The van der Waals surface area contributed by atoms with E-state index in [0.29, 0.717) is 13.2 Å². The molecule has 15 heavy (non-hydrogen) atoms. The molecular weight excluding hydrogens is 204 g/mol. The molecule has 3 aliphatic rings. The summed E-state index contributed by atoms with van der Waals surface area (Å²) >= 11 is 0. The molecule has 3 fully saturated rings. The molecule has 6 nitrogen and oxygen atoms in total. The molecule has 0 aromatic carbocycles. The van der Waals surface area contributed by atoms with Crippen molar-refractivity contribution in [1.82, 2.24) is 0 Å². The SMILES string of the molecule is C1OC[C@@H]2OCO[C@@H]3COCO[C@@H]3[C@H]2O1. The molecule has 0 aliphatic carbocycles. The van der Waals surface area contributed by atoms with Gasteiger partial charge in [0.05, 0.1) is 13.2 Å². The van der Waals surface area contributed by atoms with Crippen molar-refractivity contribution >= 4 is 0 Å². The normalized spacial score (nSPS) is 46.4. The van der Waals surface area contributed by atoms with Gasteiger partial charge in [0.25, 0.3) is 0 Å². The van der Waals surface area contributed by atoms with E-state index in [0.717, 1.165) is 0 Å². The molecule has 0 N–H and O–H groups in total. The third kappa shape index (κ3) is 1.89. The van der Waals surface area contributed by atoms with Crippen LogP contribution in [0.15, 0.2) is 0 Å². The topological polar surface area (TPSA) is 55.4 Å². The van der Waals surface area contributed by atoms with Crippen molar-refractivity contribution in [2.75, 3.05) is 33.6 Å². The molecule has 0 bridgehead atoms. The molecule has 0 aromatic heterocycles. The first-order valence-electron chi connectivity index (χ1n) is 5.07. The lowest BCUT2D eigenvalue weighted by Gasteiger charge is -2.37. The molecule has 86 valence electrons. The predicted molar refractivity (Wildman–Crippen MR) is 46.0 cm³/mol. The molecule has 3 rings (SSSR count). The number of hydrogen-bond acceptors (Lipinski definition) is 6. The Labute approximate surface area is 87.3 Å². The second-order valence-electron chi connectivity index (χ2n) is 3.77. The summed E-state index contributed by atoms with van der Waals surface area (Å²) < 4.78 is 32.4. The van der Waals surface area contributed by atoms with Crippen LogP contribution in [0.4, 0.5) is 0 Å². The summed E-state index contributed by atoms with van der Waals surface area (Å²) in [5, 5.41) is 0. The van der Waals surface area contributed by atoms with E-state index in [2.05, 4.69) is 0 Å². The van der Waals surface area contributed by atoms with E-state index in [1.54, 1.807) is 0 Å². The number of fused-ring (bicyclic) bond motifs is 3. The zero-order valence-corrected chi connectivity index (χ0v) is 8.29. The zero-order chi connectivity index (χ0) is 10.1. The minimum absolute atomic E-state index is 0.105. The van der Waals surface area contributed by atoms with E-state index in [-0.39, 0.29) is 44.8 Å². The van der Waals surface area contributed by atoms with Gasteiger partial charge >= 0.3 is 0 Å². The lowest BCUT2D eigenvalue weighted by atomic mass is 10.0. The summed E-state index contributed by atoms with van der Waals surface area (Å²) in [6.45, 7) is 1.88. The second kappa shape index (κ2) is 4.32. The summed E-state index contributed by atoms with van der Waals surface area (Å²) in [7, 11) is 0. The van der Waals surface area contributed by atoms with Gasteiger partial charge in [0.15, 0.2) is 0 Å². The van der Waals surface area contributed by atoms with Gasteiger partial charge in [-0.2, -0.15) is 0 Å². The molecule has 0 aromatic rings. The van der Waals surface area contributed by atoms with Gasteiger partial charge < -0.3 is 28.4 Å². The quantitative estimate of drug-likeness (QED) is 0.545. The van der Waals surface area contributed by atoms with Gasteiger partial charge in [-0.25, -0.2) is 0 Å². The highest BCUT2D eigenvalue weighted by Crippen LogP contribution is 2.26. The van der Waals surface area contributed by atoms with E-state index < -0.39 is 0 Å². The molecule has 0 radical (unpaired) electrons. The van der Waals surface area contributed by atoms with Gasteiger partial charge in [0.1, 0.15) is 44.8 Å². The van der Waals surface area contributed by atoms with Crippen LogP contribution in [0.25, 0.3) is 0 Å². The van der Waals surface area contributed by atoms with E-state index in [4.69, 9.17) is 28.4 Å². The Morgan fingerprint density at radius 2 is 1.13 bits per heavy atom. The Kier molecular flexibility index (Phi) is 2.87. The summed E-state index contributed by atoms with van der Waals surface area (Å²) in [5.41, 5.74) is 0. The maximum absolute atomic E-state index is 5.52. The molecule has 0 spiro atoms. The van der Waals surface area contributed by atoms with Gasteiger partial charge in [-0.15, -0.1) is 0 Å². The highest BCUT2D eigenvalue weighted by atomic mass is 16.8. The van der Waals surface area contributed by atoms with E-state index >= 15 is 0 Å². The highest BCUT2D eigenvalue weighted by Gasteiger charge is 2.44. The largest absolute Gasteiger partial charge is 0.353 e. The fourth-order valence-electron chi connectivity index (χ4n) is 2.10. The fourth-order valence-corrected chi connectivity index (χ4v) is 2.10. The Hall–Kier alpha value is -0.240. The summed E-state index contributed by atoms with van der Waals surface area (Å²) in [6, 6.07) is 0. The lowest BCUT2D eigenvalue weighted by molar-refractivity contribution is -0.260. The molecule has 4 atom stereocenters. The van der Waals surface area contributed by atoms with Crippen LogP contribution in [0.2, 0.25) is 0 Å². The van der Waals surface area contributed by atoms with Crippen molar-refractivity contribution in [3.8, 4) is 0 Å². The highest BCUT2D eigenvalue weighted by molar-refractivity contribution is 4.89. The molecular formula is C9H14O6. The molecule has 0 amide bonds. The van der Waals surface area contributed by atoms with Gasteiger partial charge in [-0.3, -0.25) is 0 Å². The first kappa shape index (κ1) is 9.95. The van der Waals surface area contributed by atoms with Crippen LogP contribution in [0, 0.1) is 0 Å². The van der Waals surface area contributed by atoms with Crippen LogP contribution in [0.5, 0.6) is 0 Å². The number of hydrogen-bond donors (Lipinski definition) is 0. The summed E-state index contributed by atoms with van der Waals surface area (Å²) in [5.74, 6) is 0. The molecule has 6 heteroatoms. The average molecular weight is 218 g/mol. The lowest BCUT2D eigenvalue weighted by Crippen LogP contribution is -2.54. The van der Waals surface area contributed by atoms with Crippen LogP contribution in [-0.2, 0) is 28.4 Å². The van der Waals surface area contributed by atoms with Gasteiger partial charge in [0, 0.05) is 0 Å². The summed E-state index contributed by atoms with van der Waals surface area (Å²) in [6.07, 6.45) is -0.441. The van der Waals surface area contributed by atoms with Crippen molar-refractivity contribution in [2.45, 2.75) is 24.4 Å². The van der Waals surface area contributed by atoms with Crippen molar-refractivity contribution in [1.29, 1.82) is 0 Å². The Morgan fingerprint density at radius 1 is 0.600 bits per heavy atom. The summed E-state index contributed by atoms with van der Waals surface area (Å²) in [4.78, 5) is 0. The van der Waals surface area contributed by atoms with Gasteiger partial charge in [-0.05, 0) is 0 Å². The second-order valence-corrected chi connectivity index (χ2v) is 3.77. The minimum Gasteiger partial charge on any atom is -0.353 e. The average Bonchev–Trinajstić information content (AvgIpc) is 2.48. The van der Waals surface area contributed by atoms with Crippen molar-refractivity contribution in [3.63, 3.8) is 0 Å². The predicted octanol–water partition coefficient (Wildman–Crippen LogP) is -0.526. The monoisotopic (exact) mass is 218 g/mol. The van der Waals surface area contributed by atoms with Crippen LogP contribution in [-0.4, -0.2) is 58.0 Å². The Morgan fingerprint density at radius 3 is 1.67 bits per heavy atom. The maximum Gasteiger partial charge on any atom is 0.147 e. The van der Waals surface area contributed by atoms with Crippen molar-refractivity contribution in [3.05, 3.63) is 0 Å². The first-order chi connectivity index (χ1) is 7.45. The third-order valence-corrected chi connectivity index (χ3v) is 2.87. The fraction of sp³-hybridized carbons (Fsp3) is 1.00. The standard InChI is InChI=1S/C9H14O6/c1-6-8(14-3-10-1)9-7(13-5-12-6)2-11-4-15-9/h6-9H,1-5H2/t6-,7+,8-,9-/m0/s1. The molecule has 0 unspecified atom stereocenters. The van der Waals surface area contributed by atoms with Crippen LogP contribution in [0.3, 0.4) is 0 Å². The smallest absolute Gasteiger partial charge is 0.147 e. The van der Waals surface area contributed by atoms with Gasteiger partial charge in [0.2, 0.25) is 0 Å². The number of ether oxygens (including phenoxy) is 6. The van der Waals surface area contributed by atoms with Crippen LogP contribution in [0.1, 0.15) is 0 Å². The van der Waals surface area contributed by atoms with Crippen molar-refractivity contribution < 1.29 is 28.4 Å². The molecule has 3 heterocycles. The molecule has 3 aliphatic heterocycles. The Balaban J connectivity index is 1.77. The molecule has 3 saturated heterocycles. The minimum atomic E-state index is -0.116. The maximum atomic E-state index is 5.52. The Bertz CT molecular complexity index is 201. The van der Waals surface area contributed by atoms with E-state index in [9.17, 15) is 0 Å². The van der Waals surface area contributed by atoms with Crippen molar-refractivity contribution in [2.24, 2.45) is 0 Å².